The Morgan fingerprint density at radius 1 is 1.61 bits per heavy atom. The maximum atomic E-state index is 13.9. The van der Waals surface area contributed by atoms with E-state index in [1.165, 1.54) is 0 Å². The van der Waals surface area contributed by atoms with Crippen LogP contribution in [0.25, 0.3) is 0 Å². The minimum Gasteiger partial charge on any atom is -0.464 e. The summed E-state index contributed by atoms with van der Waals surface area (Å²) in [5.74, 6) is -0.811. The van der Waals surface area contributed by atoms with Gasteiger partial charge in [0.1, 0.15) is 6.17 Å². The molecule has 2 saturated heterocycles. The Morgan fingerprint density at radius 2 is 2.33 bits per heavy atom. The largest absolute Gasteiger partial charge is 0.464 e. The molecule has 2 heterocycles. The van der Waals surface area contributed by atoms with Crippen molar-refractivity contribution >= 4 is 5.97 Å². The van der Waals surface area contributed by atoms with Gasteiger partial charge >= 0.3 is 5.97 Å². The van der Waals surface area contributed by atoms with Gasteiger partial charge in [0.2, 0.25) is 0 Å². The maximum Gasteiger partial charge on any atom is 0.340 e. The van der Waals surface area contributed by atoms with Crippen LogP contribution in [0.2, 0.25) is 0 Å². The Morgan fingerprint density at radius 3 is 3.00 bits per heavy atom. The summed E-state index contributed by atoms with van der Waals surface area (Å²) in [6.07, 6.45) is -0.419. The molecule has 0 spiro atoms. The van der Waals surface area contributed by atoms with Crippen molar-refractivity contribution in [2.24, 2.45) is 0 Å². The molecule has 2 rings (SSSR count). The molecule has 1 unspecified atom stereocenters. The molecule has 4 atom stereocenters. The highest BCUT2D eigenvalue weighted by Crippen LogP contribution is 2.46. The fraction of sp³-hybridized carbons (Fsp3) is 0.923. The Labute approximate surface area is 106 Å². The lowest BCUT2D eigenvalue weighted by molar-refractivity contribution is -0.150. The number of carbonyl (C=O) groups is 1. The second kappa shape index (κ2) is 5.11. The van der Waals surface area contributed by atoms with E-state index < -0.39 is 23.9 Å². The number of ether oxygens (including phenoxy) is 1. The molecule has 0 aromatic carbocycles. The third kappa shape index (κ3) is 2.25. The van der Waals surface area contributed by atoms with E-state index >= 15 is 0 Å². The van der Waals surface area contributed by atoms with Gasteiger partial charge in [-0.25, -0.2) is 13.6 Å². The van der Waals surface area contributed by atoms with Gasteiger partial charge in [0.05, 0.1) is 6.61 Å². The minimum absolute atomic E-state index is 0.0661. The molecule has 2 fully saturated rings. The first-order chi connectivity index (χ1) is 8.50. The first kappa shape index (κ1) is 13.7. The van der Waals surface area contributed by atoms with E-state index in [0.717, 1.165) is 19.4 Å². The molecule has 3 nitrogen and oxygen atoms in total. The summed E-state index contributed by atoms with van der Waals surface area (Å²) >= 11 is 0. The zero-order chi connectivity index (χ0) is 13.3. The fourth-order valence-corrected chi connectivity index (χ4v) is 3.50. The van der Waals surface area contributed by atoms with E-state index in [-0.39, 0.29) is 19.1 Å². The molecule has 18 heavy (non-hydrogen) atoms. The third-order valence-corrected chi connectivity index (χ3v) is 4.34. The normalized spacial score (nSPS) is 37.6. The van der Waals surface area contributed by atoms with Crippen LogP contribution in [0.15, 0.2) is 0 Å². The minimum atomic E-state index is -1.64. The van der Waals surface area contributed by atoms with Crippen LogP contribution in [0.4, 0.5) is 8.78 Å². The molecule has 0 bridgehead atoms. The standard InChI is InChI=1S/C13H21F2NO2/c1-3-18-12(17)11(15)8-13-5-4-6-16(13)9(2)10(14)7-13/h9-11H,3-8H2,1-2H3/t9-,10+,11?,13-/m0/s1. The number of hydrogen-bond acceptors (Lipinski definition) is 3. The quantitative estimate of drug-likeness (QED) is 0.727. The molecular weight excluding hydrogens is 240 g/mol. The van der Waals surface area contributed by atoms with Gasteiger partial charge in [-0.15, -0.1) is 0 Å². The van der Waals surface area contributed by atoms with Crippen molar-refractivity contribution in [3.8, 4) is 0 Å². The number of alkyl halides is 2. The van der Waals surface area contributed by atoms with Gasteiger partial charge in [-0.1, -0.05) is 0 Å². The molecular formula is C13H21F2NO2. The summed E-state index contributed by atoms with van der Waals surface area (Å²) in [4.78, 5) is 13.4. The van der Waals surface area contributed by atoms with Crippen LogP contribution < -0.4 is 0 Å². The first-order valence-corrected chi connectivity index (χ1v) is 6.72. The van der Waals surface area contributed by atoms with E-state index in [4.69, 9.17) is 0 Å². The van der Waals surface area contributed by atoms with Crippen LogP contribution in [0.5, 0.6) is 0 Å². The molecule has 0 aromatic rings. The average molecular weight is 261 g/mol. The van der Waals surface area contributed by atoms with Gasteiger partial charge < -0.3 is 4.74 Å². The molecule has 0 amide bonds. The van der Waals surface area contributed by atoms with Crippen molar-refractivity contribution in [2.45, 2.75) is 63.5 Å². The summed E-state index contributed by atoms with van der Waals surface area (Å²) in [7, 11) is 0. The Hall–Kier alpha value is -0.710. The van der Waals surface area contributed by atoms with Crippen LogP contribution in [-0.2, 0) is 9.53 Å². The highest BCUT2D eigenvalue weighted by molar-refractivity contribution is 5.74. The van der Waals surface area contributed by atoms with Gasteiger partial charge in [0.25, 0.3) is 0 Å². The second-order valence-electron chi connectivity index (χ2n) is 5.41. The van der Waals surface area contributed by atoms with Crippen molar-refractivity contribution in [2.75, 3.05) is 13.2 Å². The molecule has 5 heteroatoms. The highest BCUT2D eigenvalue weighted by atomic mass is 19.1. The van der Waals surface area contributed by atoms with Gasteiger partial charge in [0.15, 0.2) is 6.17 Å². The smallest absolute Gasteiger partial charge is 0.340 e. The molecule has 0 aromatic heterocycles. The number of hydrogen-bond donors (Lipinski definition) is 0. The number of fused-ring (bicyclic) bond motifs is 1. The number of esters is 1. The Kier molecular flexibility index (Phi) is 3.90. The van der Waals surface area contributed by atoms with E-state index in [0.29, 0.717) is 6.42 Å². The molecule has 2 aliphatic rings. The second-order valence-corrected chi connectivity index (χ2v) is 5.41. The summed E-state index contributed by atoms with van der Waals surface area (Å²) < 4.78 is 32.4. The van der Waals surface area contributed by atoms with Gasteiger partial charge in [-0.05, 0) is 39.7 Å². The van der Waals surface area contributed by atoms with Crippen molar-refractivity contribution in [3.63, 3.8) is 0 Å². The summed E-state index contributed by atoms with van der Waals surface area (Å²) in [6.45, 7) is 4.48. The van der Waals surface area contributed by atoms with Crippen LogP contribution in [0.3, 0.4) is 0 Å². The third-order valence-electron chi connectivity index (χ3n) is 4.34. The molecule has 104 valence electrons. The van der Waals surface area contributed by atoms with Gasteiger partial charge in [0, 0.05) is 18.0 Å². The van der Waals surface area contributed by atoms with Crippen molar-refractivity contribution in [1.29, 1.82) is 0 Å². The molecule has 2 aliphatic heterocycles. The summed E-state index contributed by atoms with van der Waals surface area (Å²) in [5, 5.41) is 0. The Bertz CT molecular complexity index is 326. The number of nitrogens with zero attached hydrogens (tertiary/aromatic N) is 1. The van der Waals surface area contributed by atoms with Gasteiger partial charge in [-0.3, -0.25) is 4.90 Å². The highest BCUT2D eigenvalue weighted by Gasteiger charge is 2.54. The van der Waals surface area contributed by atoms with E-state index in [1.807, 2.05) is 11.8 Å². The van der Waals surface area contributed by atoms with Crippen molar-refractivity contribution in [3.05, 3.63) is 0 Å². The predicted octanol–water partition coefficient (Wildman–Crippen LogP) is 2.24. The molecule has 0 N–H and O–H groups in total. The fourth-order valence-electron chi connectivity index (χ4n) is 3.50. The molecule has 0 radical (unpaired) electrons. The monoisotopic (exact) mass is 261 g/mol. The summed E-state index contributed by atoms with van der Waals surface area (Å²) in [6, 6.07) is -0.165. The van der Waals surface area contributed by atoms with E-state index in [9.17, 15) is 13.6 Å². The summed E-state index contributed by atoms with van der Waals surface area (Å²) in [5.41, 5.74) is -0.467. The predicted molar refractivity (Wildman–Crippen MR) is 63.8 cm³/mol. The zero-order valence-electron chi connectivity index (χ0n) is 11.0. The van der Waals surface area contributed by atoms with E-state index in [2.05, 4.69) is 4.74 Å². The van der Waals surface area contributed by atoms with Crippen LogP contribution >= 0.6 is 0 Å². The lowest BCUT2D eigenvalue weighted by atomic mass is 9.87. The van der Waals surface area contributed by atoms with E-state index in [1.54, 1.807) is 6.92 Å². The molecule has 0 aliphatic carbocycles. The van der Waals surface area contributed by atoms with Gasteiger partial charge in [-0.2, -0.15) is 0 Å². The van der Waals surface area contributed by atoms with Crippen LogP contribution in [-0.4, -0.2) is 47.9 Å². The number of rotatable bonds is 4. The number of carbonyl (C=O) groups excluding carboxylic acids is 1. The SMILES string of the molecule is CCOC(=O)C(F)C[C@@]12CCCN1[C@@H](C)[C@H](F)C2. The lowest BCUT2D eigenvalue weighted by Crippen LogP contribution is -2.44. The van der Waals surface area contributed by atoms with Crippen molar-refractivity contribution in [1.82, 2.24) is 4.90 Å². The van der Waals surface area contributed by atoms with Crippen LogP contribution in [0, 0.1) is 0 Å². The molecule has 0 saturated carbocycles. The zero-order valence-corrected chi connectivity index (χ0v) is 11.0. The average Bonchev–Trinajstić information content (AvgIpc) is 2.79. The number of halogens is 2. The lowest BCUT2D eigenvalue weighted by Gasteiger charge is -2.34. The van der Waals surface area contributed by atoms with Crippen LogP contribution in [0.1, 0.15) is 39.5 Å². The maximum absolute atomic E-state index is 13.9. The Balaban J connectivity index is 2.05. The topological polar surface area (TPSA) is 29.5 Å². The van der Waals surface area contributed by atoms with Crippen molar-refractivity contribution < 1.29 is 18.3 Å². The first-order valence-electron chi connectivity index (χ1n) is 6.72.